The van der Waals surface area contributed by atoms with Crippen molar-refractivity contribution in [2.24, 2.45) is 23.7 Å². The third kappa shape index (κ3) is 10.6. The fraction of sp³-hybridized carbons (Fsp3) is 0.341. The summed E-state index contributed by atoms with van der Waals surface area (Å²) in [6.07, 6.45) is 9.08. The van der Waals surface area contributed by atoms with Gasteiger partial charge in [-0.05, 0) is 71.3 Å². The number of rotatable bonds is 18. The van der Waals surface area contributed by atoms with E-state index < -0.39 is 24.1 Å². The molecule has 0 saturated carbocycles. The van der Waals surface area contributed by atoms with E-state index in [0.717, 1.165) is 17.7 Å². The number of ketones is 2. The molecule has 0 aromatic heterocycles. The number of nitrogens with one attached hydrogen (secondary N) is 2. The molecule has 2 aromatic carbocycles. The summed E-state index contributed by atoms with van der Waals surface area (Å²) in [5.41, 5.74) is 4.47. The molecule has 2 aromatic rings. The van der Waals surface area contributed by atoms with Crippen molar-refractivity contribution in [2.75, 3.05) is 26.3 Å². The predicted octanol–water partition coefficient (Wildman–Crippen LogP) is 6.21. The molecule has 3 N–H and O–H groups in total. The molecule has 2 aliphatic rings. The van der Waals surface area contributed by atoms with Gasteiger partial charge in [0.2, 0.25) is 11.8 Å². The van der Waals surface area contributed by atoms with E-state index >= 15 is 0 Å². The summed E-state index contributed by atoms with van der Waals surface area (Å²) in [7, 11) is 0. The number of hydrogen-bond donors (Lipinski definition) is 3. The van der Waals surface area contributed by atoms with Crippen LogP contribution >= 0.6 is 0 Å². The molecule has 0 fully saturated rings. The number of carbonyl (C=O) groups is 5. The fourth-order valence-corrected chi connectivity index (χ4v) is 6.56. The van der Waals surface area contributed by atoms with Gasteiger partial charge in [0.25, 0.3) is 0 Å². The monoisotopic (exact) mass is 734 g/mol. The fourth-order valence-electron chi connectivity index (χ4n) is 6.56. The lowest BCUT2D eigenvalue weighted by atomic mass is 9.77. The predicted molar refractivity (Wildman–Crippen MR) is 209 cm³/mol. The second-order valence-corrected chi connectivity index (χ2v) is 14.0. The Morgan fingerprint density at radius 3 is 1.67 bits per heavy atom. The van der Waals surface area contributed by atoms with Crippen LogP contribution in [-0.4, -0.2) is 67.0 Å². The highest BCUT2D eigenvalue weighted by molar-refractivity contribution is 6.19. The van der Waals surface area contributed by atoms with E-state index in [1.165, 1.54) is 0 Å². The maximum Gasteiger partial charge on any atom is 0.313 e. The van der Waals surface area contributed by atoms with Crippen molar-refractivity contribution in [1.29, 1.82) is 0 Å². The van der Waals surface area contributed by atoms with Crippen LogP contribution in [0.1, 0.15) is 72.4 Å². The van der Waals surface area contributed by atoms with Crippen LogP contribution in [0.15, 0.2) is 109 Å². The van der Waals surface area contributed by atoms with E-state index in [9.17, 15) is 29.1 Å². The molecule has 3 atom stereocenters. The zero-order valence-corrected chi connectivity index (χ0v) is 31.4. The van der Waals surface area contributed by atoms with Crippen LogP contribution in [0, 0.1) is 23.7 Å². The van der Waals surface area contributed by atoms with E-state index in [4.69, 9.17) is 9.47 Å². The number of hydrogen-bond acceptors (Lipinski definition) is 8. The SMILES string of the molecule is C=CC(=O)NCCOC(=O)C(CC(C)C)C1=C/C(=C\C=C2/C=C(C(CC(C)C)C(O)OCCNC(=O)C=C)C(=O)c3ccccc32)c2ccccc2C1=O. The smallest absolute Gasteiger partial charge is 0.313 e. The minimum Gasteiger partial charge on any atom is -0.463 e. The highest BCUT2D eigenvalue weighted by Crippen LogP contribution is 2.38. The number of ether oxygens (including phenoxy) is 2. The lowest BCUT2D eigenvalue weighted by Gasteiger charge is -2.29. The molecule has 0 radical (unpaired) electrons. The van der Waals surface area contributed by atoms with Gasteiger partial charge < -0.3 is 25.2 Å². The van der Waals surface area contributed by atoms with Gasteiger partial charge >= 0.3 is 5.97 Å². The summed E-state index contributed by atoms with van der Waals surface area (Å²) in [5.74, 6) is -3.09. The second kappa shape index (κ2) is 19.6. The average molecular weight is 735 g/mol. The Balaban J connectivity index is 1.76. The molecule has 3 unspecified atom stereocenters. The van der Waals surface area contributed by atoms with Crippen molar-refractivity contribution < 1.29 is 38.6 Å². The van der Waals surface area contributed by atoms with Crippen LogP contribution < -0.4 is 10.6 Å². The first-order valence-corrected chi connectivity index (χ1v) is 18.3. The van der Waals surface area contributed by atoms with Crippen molar-refractivity contribution in [3.8, 4) is 0 Å². The van der Waals surface area contributed by atoms with Crippen LogP contribution in [0.4, 0.5) is 0 Å². The van der Waals surface area contributed by atoms with Gasteiger partial charge in [-0.15, -0.1) is 0 Å². The van der Waals surface area contributed by atoms with Crippen LogP contribution in [0.2, 0.25) is 0 Å². The molecule has 54 heavy (non-hydrogen) atoms. The Morgan fingerprint density at radius 1 is 0.704 bits per heavy atom. The Kier molecular flexibility index (Phi) is 15.0. The first-order chi connectivity index (χ1) is 25.9. The summed E-state index contributed by atoms with van der Waals surface area (Å²) in [4.78, 5) is 64.6. The van der Waals surface area contributed by atoms with Crippen molar-refractivity contribution in [3.05, 3.63) is 132 Å². The number of aliphatic hydroxyl groups excluding tert-OH is 1. The quantitative estimate of drug-likeness (QED) is 0.0710. The molecule has 0 bridgehead atoms. The Bertz CT molecular complexity index is 1900. The summed E-state index contributed by atoms with van der Waals surface area (Å²) in [6, 6.07) is 14.5. The number of amides is 2. The standard InChI is InChI=1S/C44H50N2O8/c1-7-39(47)45-19-21-53-43(51)37(23-27(3)4)35-25-29(31-13-9-11-15-33(31)41(35)49)17-18-30-26-36(42(50)34-16-12-10-14-32(30)34)38(24-28(5)6)44(52)54-22-20-46-40(48)8-2/h7-18,25-28,37-38,43,51H,1-2,19-24H2,3-6H3,(H,45,47)(H,46,48)/b29-17+,30-18+. The Morgan fingerprint density at radius 2 is 1.17 bits per heavy atom. The first kappa shape index (κ1) is 41.3. The van der Waals surface area contributed by atoms with Crippen molar-refractivity contribution >= 4 is 40.5 Å². The number of Topliss-reactive ketones (excluding diaryl/α,β-unsaturated/α-hetero) is 2. The van der Waals surface area contributed by atoms with Gasteiger partial charge in [0.1, 0.15) is 6.61 Å². The number of allylic oxidation sites excluding steroid dienone is 6. The Hall–Kier alpha value is -5.45. The van der Waals surface area contributed by atoms with Crippen molar-refractivity contribution in [3.63, 3.8) is 0 Å². The highest BCUT2D eigenvalue weighted by Gasteiger charge is 2.35. The lowest BCUT2D eigenvalue weighted by Crippen LogP contribution is -2.34. The molecule has 0 heterocycles. The summed E-state index contributed by atoms with van der Waals surface area (Å²) < 4.78 is 11.3. The topological polar surface area (TPSA) is 148 Å². The van der Waals surface area contributed by atoms with E-state index in [2.05, 4.69) is 23.8 Å². The van der Waals surface area contributed by atoms with Crippen LogP contribution in [0.25, 0.3) is 11.1 Å². The maximum absolute atomic E-state index is 14.0. The van der Waals surface area contributed by atoms with Crippen LogP contribution in [0.5, 0.6) is 0 Å². The number of benzene rings is 2. The van der Waals surface area contributed by atoms with Gasteiger partial charge in [-0.3, -0.25) is 24.0 Å². The zero-order valence-electron chi connectivity index (χ0n) is 31.4. The molecule has 4 rings (SSSR count). The molecule has 0 spiro atoms. The lowest BCUT2D eigenvalue weighted by molar-refractivity contribution is -0.147. The maximum atomic E-state index is 14.0. The molecule has 10 heteroatoms. The molecule has 284 valence electrons. The second-order valence-electron chi connectivity index (χ2n) is 14.0. The highest BCUT2D eigenvalue weighted by atomic mass is 16.6. The van der Waals surface area contributed by atoms with Gasteiger partial charge in [-0.25, -0.2) is 0 Å². The summed E-state index contributed by atoms with van der Waals surface area (Å²) in [6.45, 7) is 15.0. The van der Waals surface area contributed by atoms with E-state index in [0.29, 0.717) is 51.8 Å². The molecule has 2 amide bonds. The minimum atomic E-state index is -1.31. The third-order valence-corrected chi connectivity index (χ3v) is 9.10. The first-order valence-electron chi connectivity index (χ1n) is 18.3. The van der Waals surface area contributed by atoms with Gasteiger partial charge in [0.05, 0.1) is 19.1 Å². The molecule has 10 nitrogen and oxygen atoms in total. The van der Waals surface area contributed by atoms with Gasteiger partial charge in [-0.2, -0.15) is 0 Å². The molecular formula is C44H50N2O8. The van der Waals surface area contributed by atoms with Crippen LogP contribution in [-0.2, 0) is 23.9 Å². The third-order valence-electron chi connectivity index (χ3n) is 9.10. The normalized spacial score (nSPS) is 16.9. The van der Waals surface area contributed by atoms with E-state index in [1.54, 1.807) is 36.4 Å². The average Bonchev–Trinajstić information content (AvgIpc) is 3.16. The number of esters is 1. The summed E-state index contributed by atoms with van der Waals surface area (Å²) in [5, 5.41) is 16.5. The van der Waals surface area contributed by atoms with Crippen molar-refractivity contribution in [2.45, 2.75) is 46.8 Å². The van der Waals surface area contributed by atoms with Gasteiger partial charge in [-0.1, -0.05) is 102 Å². The zero-order chi connectivity index (χ0) is 39.4. The van der Waals surface area contributed by atoms with E-state index in [1.807, 2.05) is 64.1 Å². The minimum absolute atomic E-state index is 0.0339. The largest absolute Gasteiger partial charge is 0.463 e. The van der Waals surface area contributed by atoms with Crippen LogP contribution in [0.3, 0.4) is 0 Å². The van der Waals surface area contributed by atoms with E-state index in [-0.39, 0.29) is 61.5 Å². The number of fused-ring (bicyclic) bond motifs is 2. The molecule has 0 saturated heterocycles. The number of aliphatic hydroxyl groups is 1. The van der Waals surface area contributed by atoms with Gasteiger partial charge in [0, 0.05) is 34.7 Å². The van der Waals surface area contributed by atoms with Crippen molar-refractivity contribution in [1.82, 2.24) is 10.6 Å². The molecular weight excluding hydrogens is 684 g/mol. The van der Waals surface area contributed by atoms with Gasteiger partial charge in [0.15, 0.2) is 17.9 Å². The summed E-state index contributed by atoms with van der Waals surface area (Å²) >= 11 is 0. The molecule has 0 aliphatic heterocycles. The Labute approximate surface area is 317 Å². The number of carbonyl (C=O) groups excluding carboxylic acids is 5. The molecule has 2 aliphatic carbocycles.